The van der Waals surface area contributed by atoms with Crippen LogP contribution in [0.4, 0.5) is 0 Å². The minimum Gasteiger partial charge on any atom is -0.396 e. The first kappa shape index (κ1) is 15.9. The predicted octanol–water partition coefficient (Wildman–Crippen LogP) is 1.34. The fraction of sp³-hybridized carbons (Fsp3) is 1.00. The first-order valence-electron chi connectivity index (χ1n) is 6.96. The van der Waals surface area contributed by atoms with Crippen molar-refractivity contribution >= 4 is 9.84 Å². The van der Waals surface area contributed by atoms with Gasteiger partial charge < -0.3 is 10.4 Å². The average molecular weight is 277 g/mol. The van der Waals surface area contributed by atoms with Crippen LogP contribution < -0.4 is 5.32 Å². The van der Waals surface area contributed by atoms with E-state index in [0.29, 0.717) is 12.0 Å². The third kappa shape index (κ3) is 5.67. The summed E-state index contributed by atoms with van der Waals surface area (Å²) < 4.78 is 23.1. The third-order valence-corrected chi connectivity index (χ3v) is 5.49. The molecule has 0 aromatic carbocycles. The highest BCUT2D eigenvalue weighted by Gasteiger charge is 2.28. The lowest BCUT2D eigenvalue weighted by molar-refractivity contribution is 0.227. The highest BCUT2D eigenvalue weighted by Crippen LogP contribution is 2.23. The lowest BCUT2D eigenvalue weighted by Crippen LogP contribution is -2.39. The van der Waals surface area contributed by atoms with Gasteiger partial charge in [-0.2, -0.15) is 0 Å². The Morgan fingerprint density at radius 2 is 2.11 bits per heavy atom. The maximum absolute atomic E-state index is 11.5. The van der Waals surface area contributed by atoms with Crippen molar-refractivity contribution in [2.75, 3.05) is 19.4 Å². The third-order valence-electron chi connectivity index (χ3n) is 3.85. The molecule has 1 rings (SSSR count). The minimum absolute atomic E-state index is 0.153. The van der Waals surface area contributed by atoms with Crippen LogP contribution >= 0.6 is 0 Å². The smallest absolute Gasteiger partial charge is 0.150 e. The minimum atomic E-state index is -2.88. The molecule has 108 valence electrons. The molecule has 0 heterocycles. The van der Waals surface area contributed by atoms with Crippen molar-refractivity contribution in [2.24, 2.45) is 5.92 Å². The summed E-state index contributed by atoms with van der Waals surface area (Å²) in [4.78, 5) is 0. The van der Waals surface area contributed by atoms with Crippen LogP contribution in [0.2, 0.25) is 0 Å². The van der Waals surface area contributed by atoms with Crippen LogP contribution in [0, 0.1) is 5.92 Å². The SMILES string of the molecule is CC(CO)CCCNC1CCCC(S(C)(=O)=O)C1. The Labute approximate surface area is 111 Å². The van der Waals surface area contributed by atoms with Crippen LogP contribution in [0.15, 0.2) is 0 Å². The molecule has 1 saturated carbocycles. The fourth-order valence-corrected chi connectivity index (χ4v) is 3.74. The Balaban J connectivity index is 2.23. The molecule has 0 amide bonds. The van der Waals surface area contributed by atoms with Gasteiger partial charge in [0.15, 0.2) is 0 Å². The Kier molecular flexibility index (Phi) is 6.60. The fourth-order valence-electron chi connectivity index (χ4n) is 2.57. The molecule has 0 saturated heterocycles. The van der Waals surface area contributed by atoms with Crippen LogP contribution in [-0.4, -0.2) is 44.2 Å². The molecule has 0 spiro atoms. The van der Waals surface area contributed by atoms with Gasteiger partial charge in [0.05, 0.1) is 5.25 Å². The topological polar surface area (TPSA) is 66.4 Å². The molecule has 0 aromatic rings. The van der Waals surface area contributed by atoms with Gasteiger partial charge in [0, 0.05) is 18.9 Å². The van der Waals surface area contributed by atoms with Gasteiger partial charge in [-0.1, -0.05) is 13.3 Å². The van der Waals surface area contributed by atoms with Crippen molar-refractivity contribution in [2.45, 2.75) is 56.7 Å². The molecule has 0 aliphatic heterocycles. The Bertz CT molecular complexity index is 329. The van der Waals surface area contributed by atoms with Gasteiger partial charge in [0.25, 0.3) is 0 Å². The summed E-state index contributed by atoms with van der Waals surface area (Å²) in [6, 6.07) is 0.350. The number of sulfone groups is 1. The normalized spacial score (nSPS) is 27.1. The quantitative estimate of drug-likeness (QED) is 0.689. The number of rotatable bonds is 7. The van der Waals surface area contributed by atoms with E-state index in [1.165, 1.54) is 6.26 Å². The molecule has 2 N–H and O–H groups in total. The lowest BCUT2D eigenvalue weighted by atomic mass is 9.95. The van der Waals surface area contributed by atoms with Crippen molar-refractivity contribution in [3.8, 4) is 0 Å². The summed E-state index contributed by atoms with van der Waals surface area (Å²) in [5.74, 6) is 0.363. The Morgan fingerprint density at radius 3 is 2.72 bits per heavy atom. The van der Waals surface area contributed by atoms with Crippen molar-refractivity contribution in [3.63, 3.8) is 0 Å². The van der Waals surface area contributed by atoms with E-state index in [1.54, 1.807) is 0 Å². The maximum atomic E-state index is 11.5. The van der Waals surface area contributed by atoms with E-state index in [-0.39, 0.29) is 11.9 Å². The van der Waals surface area contributed by atoms with E-state index in [4.69, 9.17) is 5.11 Å². The molecule has 1 aliphatic rings. The molecule has 0 aromatic heterocycles. The standard InChI is InChI=1S/C13H27NO3S/c1-11(10-15)5-4-8-14-12-6-3-7-13(9-12)18(2,16)17/h11-15H,3-10H2,1-2H3. The van der Waals surface area contributed by atoms with Crippen LogP contribution in [0.25, 0.3) is 0 Å². The van der Waals surface area contributed by atoms with Gasteiger partial charge in [0.1, 0.15) is 9.84 Å². The molecule has 1 aliphatic carbocycles. The van der Waals surface area contributed by atoms with E-state index >= 15 is 0 Å². The van der Waals surface area contributed by atoms with Gasteiger partial charge in [-0.05, 0) is 44.6 Å². The molecule has 0 bridgehead atoms. The molecule has 0 radical (unpaired) electrons. The monoisotopic (exact) mass is 277 g/mol. The van der Waals surface area contributed by atoms with Crippen molar-refractivity contribution in [1.82, 2.24) is 5.32 Å². The molecule has 4 nitrogen and oxygen atoms in total. The zero-order valence-electron chi connectivity index (χ0n) is 11.6. The summed E-state index contributed by atoms with van der Waals surface area (Å²) in [6.45, 7) is 3.21. The highest BCUT2D eigenvalue weighted by molar-refractivity contribution is 7.91. The maximum Gasteiger partial charge on any atom is 0.150 e. The summed E-state index contributed by atoms with van der Waals surface area (Å²) in [5.41, 5.74) is 0. The summed E-state index contributed by atoms with van der Waals surface area (Å²) >= 11 is 0. The van der Waals surface area contributed by atoms with Crippen LogP contribution in [0.1, 0.15) is 45.4 Å². The van der Waals surface area contributed by atoms with Crippen molar-refractivity contribution in [3.05, 3.63) is 0 Å². The first-order chi connectivity index (χ1) is 8.43. The molecular formula is C13H27NO3S. The molecule has 3 unspecified atom stereocenters. The van der Waals surface area contributed by atoms with E-state index in [0.717, 1.165) is 45.1 Å². The van der Waals surface area contributed by atoms with Gasteiger partial charge in [-0.25, -0.2) is 8.42 Å². The van der Waals surface area contributed by atoms with Gasteiger partial charge in [-0.3, -0.25) is 0 Å². The summed E-state index contributed by atoms with van der Waals surface area (Å²) in [6.07, 6.45) is 7.08. The molecule has 5 heteroatoms. The first-order valence-corrected chi connectivity index (χ1v) is 8.92. The number of aliphatic hydroxyl groups is 1. The number of aliphatic hydroxyl groups excluding tert-OH is 1. The van der Waals surface area contributed by atoms with Crippen molar-refractivity contribution < 1.29 is 13.5 Å². The van der Waals surface area contributed by atoms with Crippen LogP contribution in [0.5, 0.6) is 0 Å². The highest BCUT2D eigenvalue weighted by atomic mass is 32.2. The van der Waals surface area contributed by atoms with E-state index < -0.39 is 9.84 Å². The second kappa shape index (κ2) is 7.46. The number of hydrogen-bond acceptors (Lipinski definition) is 4. The molecular weight excluding hydrogens is 250 g/mol. The van der Waals surface area contributed by atoms with E-state index in [1.807, 2.05) is 6.92 Å². The van der Waals surface area contributed by atoms with E-state index in [9.17, 15) is 8.42 Å². The summed E-state index contributed by atoms with van der Waals surface area (Å²) in [5, 5.41) is 12.2. The Hall–Kier alpha value is -0.130. The van der Waals surface area contributed by atoms with E-state index in [2.05, 4.69) is 5.32 Å². The molecule has 3 atom stereocenters. The number of nitrogens with one attached hydrogen (secondary N) is 1. The summed E-state index contributed by atoms with van der Waals surface area (Å²) in [7, 11) is -2.88. The number of hydrogen-bond donors (Lipinski definition) is 2. The second-order valence-electron chi connectivity index (χ2n) is 5.70. The second-order valence-corrected chi connectivity index (χ2v) is 8.02. The lowest BCUT2D eigenvalue weighted by Gasteiger charge is -2.28. The van der Waals surface area contributed by atoms with Gasteiger partial charge in [-0.15, -0.1) is 0 Å². The molecule has 18 heavy (non-hydrogen) atoms. The van der Waals surface area contributed by atoms with Crippen molar-refractivity contribution in [1.29, 1.82) is 0 Å². The zero-order chi connectivity index (χ0) is 13.6. The van der Waals surface area contributed by atoms with Gasteiger partial charge in [0.2, 0.25) is 0 Å². The van der Waals surface area contributed by atoms with Gasteiger partial charge >= 0.3 is 0 Å². The van der Waals surface area contributed by atoms with Crippen LogP contribution in [-0.2, 0) is 9.84 Å². The zero-order valence-corrected chi connectivity index (χ0v) is 12.4. The Morgan fingerprint density at radius 1 is 1.39 bits per heavy atom. The van der Waals surface area contributed by atoms with Crippen LogP contribution in [0.3, 0.4) is 0 Å². The predicted molar refractivity (Wildman–Crippen MR) is 74.4 cm³/mol. The molecule has 1 fully saturated rings. The largest absolute Gasteiger partial charge is 0.396 e. The average Bonchev–Trinajstić information content (AvgIpc) is 2.33.